The molecule has 5 heteroatoms. The average Bonchev–Trinajstić information content (AvgIpc) is 2.61. The van der Waals surface area contributed by atoms with E-state index in [1.54, 1.807) is 25.3 Å². The highest BCUT2D eigenvalue weighted by Crippen LogP contribution is 2.15. The minimum Gasteiger partial charge on any atom is -0.305 e. The van der Waals surface area contributed by atoms with Crippen molar-refractivity contribution in [2.24, 2.45) is 0 Å². The predicted molar refractivity (Wildman–Crippen MR) is 65.0 cm³/mol. The molecule has 0 atom stereocenters. The Labute approximate surface area is 99.3 Å². The molecule has 5 nitrogen and oxygen atoms in total. The normalized spacial score (nSPS) is 10.3. The van der Waals surface area contributed by atoms with E-state index in [1.807, 2.05) is 13.8 Å². The van der Waals surface area contributed by atoms with Gasteiger partial charge in [0.2, 0.25) is 0 Å². The van der Waals surface area contributed by atoms with Crippen molar-refractivity contribution >= 4 is 11.7 Å². The number of anilines is 1. The molecule has 0 spiro atoms. The molecule has 0 aliphatic heterocycles. The third-order valence-electron chi connectivity index (χ3n) is 2.74. The van der Waals surface area contributed by atoms with Gasteiger partial charge in [-0.1, -0.05) is 0 Å². The van der Waals surface area contributed by atoms with Gasteiger partial charge in [0.25, 0.3) is 5.91 Å². The number of aryl methyl sites for hydroxylation is 2. The minimum atomic E-state index is -0.190. The van der Waals surface area contributed by atoms with Gasteiger partial charge in [0.05, 0.1) is 5.56 Å². The van der Waals surface area contributed by atoms with Crippen molar-refractivity contribution in [3.63, 3.8) is 0 Å². The number of aromatic amines is 1. The summed E-state index contributed by atoms with van der Waals surface area (Å²) in [4.78, 5) is 16.1. The Balaban J connectivity index is 2.23. The fourth-order valence-corrected chi connectivity index (χ4v) is 1.51. The monoisotopic (exact) mass is 230 g/mol. The maximum Gasteiger partial charge on any atom is 0.258 e. The second kappa shape index (κ2) is 4.37. The summed E-state index contributed by atoms with van der Waals surface area (Å²) < 4.78 is 0. The van der Waals surface area contributed by atoms with Crippen LogP contribution in [0.1, 0.15) is 27.3 Å². The largest absolute Gasteiger partial charge is 0.305 e. The van der Waals surface area contributed by atoms with Crippen LogP contribution in [-0.2, 0) is 0 Å². The van der Waals surface area contributed by atoms with E-state index in [1.165, 1.54) is 0 Å². The number of hydrogen-bond acceptors (Lipinski definition) is 3. The number of carbonyl (C=O) groups is 1. The van der Waals surface area contributed by atoms with Crippen molar-refractivity contribution < 1.29 is 4.79 Å². The number of rotatable bonds is 2. The second-order valence-corrected chi connectivity index (χ2v) is 3.91. The fraction of sp³-hybridized carbons (Fsp3) is 0.250. The van der Waals surface area contributed by atoms with Gasteiger partial charge in [0, 0.05) is 23.1 Å². The Hall–Kier alpha value is -2.17. The molecule has 0 fully saturated rings. The molecule has 2 aromatic heterocycles. The van der Waals surface area contributed by atoms with Crippen LogP contribution in [-0.4, -0.2) is 21.1 Å². The van der Waals surface area contributed by atoms with E-state index < -0.39 is 0 Å². The molecule has 88 valence electrons. The second-order valence-electron chi connectivity index (χ2n) is 3.91. The molecule has 0 bridgehead atoms. The summed E-state index contributed by atoms with van der Waals surface area (Å²) in [6.07, 6.45) is 1.66. The van der Waals surface area contributed by atoms with Crippen molar-refractivity contribution in [1.29, 1.82) is 0 Å². The summed E-state index contributed by atoms with van der Waals surface area (Å²) in [5, 5.41) is 9.63. The highest BCUT2D eigenvalue weighted by atomic mass is 16.1. The van der Waals surface area contributed by atoms with E-state index in [9.17, 15) is 4.79 Å². The van der Waals surface area contributed by atoms with Crippen LogP contribution < -0.4 is 5.32 Å². The number of aromatic nitrogens is 3. The first kappa shape index (κ1) is 11.3. The van der Waals surface area contributed by atoms with E-state index >= 15 is 0 Å². The molecule has 0 aromatic carbocycles. The molecule has 0 unspecified atom stereocenters. The van der Waals surface area contributed by atoms with Crippen LogP contribution in [0.3, 0.4) is 0 Å². The maximum absolute atomic E-state index is 12.0. The number of amides is 1. The number of carbonyl (C=O) groups excluding carboxylic acids is 1. The molecule has 1 amide bonds. The van der Waals surface area contributed by atoms with E-state index in [0.717, 1.165) is 11.3 Å². The molecular formula is C12H14N4O. The molecular weight excluding hydrogens is 216 g/mol. The Bertz CT molecular complexity index is 559. The van der Waals surface area contributed by atoms with Gasteiger partial charge in [-0.2, -0.15) is 5.10 Å². The maximum atomic E-state index is 12.0. The lowest BCUT2D eigenvalue weighted by molar-refractivity contribution is 0.102. The fourth-order valence-electron chi connectivity index (χ4n) is 1.51. The van der Waals surface area contributed by atoms with Gasteiger partial charge >= 0.3 is 0 Å². The zero-order chi connectivity index (χ0) is 12.4. The average molecular weight is 230 g/mol. The summed E-state index contributed by atoms with van der Waals surface area (Å²) >= 11 is 0. The van der Waals surface area contributed by atoms with Crippen molar-refractivity contribution in [3.05, 3.63) is 40.8 Å². The third kappa shape index (κ3) is 2.18. The highest BCUT2D eigenvalue weighted by Gasteiger charge is 2.13. The van der Waals surface area contributed by atoms with Gasteiger partial charge in [0.15, 0.2) is 5.82 Å². The van der Waals surface area contributed by atoms with E-state index in [0.29, 0.717) is 17.1 Å². The van der Waals surface area contributed by atoms with Crippen LogP contribution in [0.2, 0.25) is 0 Å². The topological polar surface area (TPSA) is 70.7 Å². The number of hydrogen-bond donors (Lipinski definition) is 2. The zero-order valence-electron chi connectivity index (χ0n) is 10.0. The molecule has 2 aromatic rings. The van der Waals surface area contributed by atoms with Crippen molar-refractivity contribution in [1.82, 2.24) is 15.2 Å². The number of nitrogens with zero attached hydrogens (tertiary/aromatic N) is 2. The van der Waals surface area contributed by atoms with Crippen molar-refractivity contribution in [2.75, 3.05) is 5.32 Å². The van der Waals surface area contributed by atoms with Crippen LogP contribution in [0, 0.1) is 20.8 Å². The van der Waals surface area contributed by atoms with Crippen LogP contribution in [0.25, 0.3) is 0 Å². The lowest BCUT2D eigenvalue weighted by Crippen LogP contribution is -2.14. The summed E-state index contributed by atoms with van der Waals surface area (Å²) in [5.74, 6) is 0.376. The molecule has 0 saturated carbocycles. The minimum absolute atomic E-state index is 0.190. The molecule has 0 saturated heterocycles. The smallest absolute Gasteiger partial charge is 0.258 e. The van der Waals surface area contributed by atoms with Crippen molar-refractivity contribution in [3.8, 4) is 0 Å². The molecule has 0 aliphatic carbocycles. The summed E-state index contributed by atoms with van der Waals surface area (Å²) in [6, 6.07) is 3.48. The number of H-pyrrole nitrogens is 1. The van der Waals surface area contributed by atoms with Gasteiger partial charge in [-0.25, -0.2) is 0 Å². The van der Waals surface area contributed by atoms with Crippen LogP contribution >= 0.6 is 0 Å². The lowest BCUT2D eigenvalue weighted by atomic mass is 10.2. The van der Waals surface area contributed by atoms with Gasteiger partial charge in [-0.15, -0.1) is 0 Å². The first-order valence-electron chi connectivity index (χ1n) is 5.34. The van der Waals surface area contributed by atoms with Gasteiger partial charge in [-0.05, 0) is 32.9 Å². The Kier molecular flexibility index (Phi) is 2.91. The summed E-state index contributed by atoms with van der Waals surface area (Å²) in [7, 11) is 0. The zero-order valence-corrected chi connectivity index (χ0v) is 10.0. The third-order valence-corrected chi connectivity index (χ3v) is 2.74. The Morgan fingerprint density at radius 2 is 2.12 bits per heavy atom. The van der Waals surface area contributed by atoms with Crippen LogP contribution in [0.5, 0.6) is 0 Å². The van der Waals surface area contributed by atoms with Crippen LogP contribution in [0.15, 0.2) is 18.3 Å². The Morgan fingerprint density at radius 3 is 2.71 bits per heavy atom. The first-order chi connectivity index (χ1) is 8.09. The molecule has 0 radical (unpaired) electrons. The van der Waals surface area contributed by atoms with Crippen LogP contribution in [0.4, 0.5) is 5.82 Å². The summed E-state index contributed by atoms with van der Waals surface area (Å²) in [5.41, 5.74) is 3.16. The lowest BCUT2D eigenvalue weighted by Gasteiger charge is -2.05. The molecule has 0 aliphatic rings. The van der Waals surface area contributed by atoms with Gasteiger partial charge in [-0.3, -0.25) is 14.9 Å². The number of pyridine rings is 1. The SMILES string of the molecule is Cc1ncccc1C(=O)Nc1n[nH]c(C)c1C. The highest BCUT2D eigenvalue weighted by molar-refractivity contribution is 6.04. The van der Waals surface area contributed by atoms with Crippen molar-refractivity contribution in [2.45, 2.75) is 20.8 Å². The van der Waals surface area contributed by atoms with E-state index in [4.69, 9.17) is 0 Å². The quantitative estimate of drug-likeness (QED) is 0.828. The van der Waals surface area contributed by atoms with E-state index in [-0.39, 0.29) is 5.91 Å². The standard InChI is InChI=1S/C12H14N4O/c1-7-8(2)15-16-11(7)14-12(17)10-5-4-6-13-9(10)3/h4-6H,1-3H3,(H2,14,15,16,17). The molecule has 17 heavy (non-hydrogen) atoms. The predicted octanol–water partition coefficient (Wildman–Crippen LogP) is 1.98. The Morgan fingerprint density at radius 1 is 1.35 bits per heavy atom. The first-order valence-corrected chi connectivity index (χ1v) is 5.34. The molecule has 2 N–H and O–H groups in total. The summed E-state index contributed by atoms with van der Waals surface area (Å²) in [6.45, 7) is 5.62. The molecule has 2 rings (SSSR count). The number of nitrogens with one attached hydrogen (secondary N) is 2. The van der Waals surface area contributed by atoms with Gasteiger partial charge in [0.1, 0.15) is 0 Å². The van der Waals surface area contributed by atoms with E-state index in [2.05, 4.69) is 20.5 Å². The van der Waals surface area contributed by atoms with Gasteiger partial charge < -0.3 is 5.32 Å². The molecule has 2 heterocycles.